The van der Waals surface area contributed by atoms with E-state index >= 15 is 0 Å². The van der Waals surface area contributed by atoms with E-state index in [2.05, 4.69) is 0 Å². The summed E-state index contributed by atoms with van der Waals surface area (Å²) >= 11 is 6.09. The van der Waals surface area contributed by atoms with Crippen molar-refractivity contribution in [3.63, 3.8) is 0 Å². The smallest absolute Gasteiger partial charge is 0.265 e. The average Bonchev–Trinajstić information content (AvgIpc) is 2.59. The first-order valence-corrected chi connectivity index (χ1v) is 6.29. The van der Waals surface area contributed by atoms with Crippen molar-refractivity contribution in [2.24, 2.45) is 0 Å². The van der Waals surface area contributed by atoms with Crippen LogP contribution in [0.15, 0.2) is 23.1 Å². The number of rotatable bonds is 2. The van der Waals surface area contributed by atoms with Gasteiger partial charge in [0, 0.05) is 13.1 Å². The van der Waals surface area contributed by atoms with Crippen molar-refractivity contribution < 1.29 is 14.8 Å². The molecule has 0 unspecified atom stereocenters. The molecule has 1 heterocycles. The van der Waals surface area contributed by atoms with Crippen LogP contribution in [0.1, 0.15) is 5.56 Å². The number of hydrogen-bond acceptors (Lipinski definition) is 6. The maximum Gasteiger partial charge on any atom is 0.265 e. The Kier molecular flexibility index (Phi) is 3.54. The van der Waals surface area contributed by atoms with E-state index < -0.39 is 16.4 Å². The molecule has 8 heteroatoms. The molecule has 0 atom stereocenters. The Hall–Kier alpha value is -1.93. The maximum atomic E-state index is 11.8. The van der Waals surface area contributed by atoms with Gasteiger partial charge in [-0.1, -0.05) is 36.1 Å². The summed E-state index contributed by atoms with van der Waals surface area (Å²) in [6.07, 6.45) is 1.48. The molecule has 0 N–H and O–H groups in total. The third kappa shape index (κ3) is 2.59. The number of thiocarbonyl (C=S) groups is 1. The van der Waals surface area contributed by atoms with Gasteiger partial charge in [0.1, 0.15) is 4.32 Å². The van der Waals surface area contributed by atoms with Crippen molar-refractivity contribution >= 4 is 46.0 Å². The normalized spacial score (nSPS) is 17.3. The Bertz CT molecular complexity index is 627. The number of carbonyl (C=O) groups excluding carboxylic acids is 1. The predicted octanol–water partition coefficient (Wildman–Crippen LogP) is 1.50. The largest absolute Gasteiger partial charge is 0.868 e. The molecule has 6 nitrogen and oxygen atoms in total. The lowest BCUT2D eigenvalue weighted by molar-refractivity contribution is -0.398. The highest BCUT2D eigenvalue weighted by Gasteiger charge is 2.28. The lowest BCUT2D eigenvalue weighted by Crippen LogP contribution is -2.22. The predicted molar refractivity (Wildman–Crippen MR) is 73.5 cm³/mol. The van der Waals surface area contributed by atoms with Gasteiger partial charge in [0.25, 0.3) is 11.6 Å². The molecule has 1 aromatic carbocycles. The maximum absolute atomic E-state index is 11.8. The molecule has 1 fully saturated rings. The lowest BCUT2D eigenvalue weighted by atomic mass is 10.1. The molecule has 0 aromatic heterocycles. The number of amides is 1. The van der Waals surface area contributed by atoms with Crippen molar-refractivity contribution in [2.45, 2.75) is 0 Å². The minimum Gasteiger partial charge on any atom is -0.868 e. The summed E-state index contributed by atoms with van der Waals surface area (Å²) in [5, 5.41) is 21.9. The Balaban J connectivity index is 2.39. The number of likely N-dealkylation sites (N-methyl/N-ethyl adjacent to an activating group) is 1. The summed E-state index contributed by atoms with van der Waals surface area (Å²) < 4.78 is 0.422. The minimum absolute atomic E-state index is 0.260. The van der Waals surface area contributed by atoms with E-state index in [9.17, 15) is 20.0 Å². The van der Waals surface area contributed by atoms with Gasteiger partial charge in [0.15, 0.2) is 0 Å². The lowest BCUT2D eigenvalue weighted by Gasteiger charge is -2.06. The van der Waals surface area contributed by atoms with E-state index in [0.717, 1.165) is 23.9 Å². The SMILES string of the molecule is CN1C(=O)/C(=C/c2ccc([O-])c([N+](=O)[O-])c2)SC1=S. The van der Waals surface area contributed by atoms with Crippen LogP contribution < -0.4 is 5.11 Å². The highest BCUT2D eigenvalue weighted by atomic mass is 32.2. The fraction of sp³-hybridized carbons (Fsp3) is 0.0909. The zero-order valence-corrected chi connectivity index (χ0v) is 11.3. The second kappa shape index (κ2) is 4.98. The van der Waals surface area contributed by atoms with Crippen LogP contribution in [0.3, 0.4) is 0 Å². The number of benzene rings is 1. The van der Waals surface area contributed by atoms with Crippen LogP contribution in [0.5, 0.6) is 5.75 Å². The van der Waals surface area contributed by atoms with Crippen molar-refractivity contribution in [2.75, 3.05) is 7.05 Å². The van der Waals surface area contributed by atoms with Gasteiger partial charge in [0.2, 0.25) is 0 Å². The number of nitrogens with zero attached hydrogens (tertiary/aromatic N) is 2. The number of thioether (sulfide) groups is 1. The first kappa shape index (κ1) is 13.5. The standard InChI is InChI=1S/C11H8N2O4S2/c1-12-10(15)9(19-11(12)18)5-6-2-3-8(14)7(4-6)13(16)17/h2-5,14H,1H3/p-1/b9-5-. The van der Waals surface area contributed by atoms with Crippen molar-refractivity contribution in [3.05, 3.63) is 38.8 Å². The molecule has 1 aliphatic rings. The van der Waals surface area contributed by atoms with E-state index in [1.54, 1.807) is 7.05 Å². The highest BCUT2D eigenvalue weighted by molar-refractivity contribution is 8.26. The van der Waals surface area contributed by atoms with Crippen molar-refractivity contribution in [3.8, 4) is 5.75 Å². The van der Waals surface area contributed by atoms with Crippen LogP contribution in [0.4, 0.5) is 5.69 Å². The summed E-state index contributed by atoms with van der Waals surface area (Å²) in [5.74, 6) is -0.922. The Labute approximate surface area is 117 Å². The fourth-order valence-corrected chi connectivity index (χ4v) is 2.64. The first-order chi connectivity index (χ1) is 8.90. The molecular weight excluding hydrogens is 288 g/mol. The van der Waals surface area contributed by atoms with Crippen LogP contribution in [0.2, 0.25) is 0 Å². The summed E-state index contributed by atoms with van der Waals surface area (Å²) in [4.78, 5) is 23.4. The molecule has 98 valence electrons. The second-order valence-corrected chi connectivity index (χ2v) is 5.40. The number of hydrogen-bond donors (Lipinski definition) is 0. The Morgan fingerprint density at radius 2 is 2.16 bits per heavy atom. The molecule has 0 bridgehead atoms. The number of nitro benzene ring substituents is 1. The minimum atomic E-state index is -0.745. The van der Waals surface area contributed by atoms with Crippen molar-refractivity contribution in [1.29, 1.82) is 0 Å². The van der Waals surface area contributed by atoms with Crippen molar-refractivity contribution in [1.82, 2.24) is 4.90 Å². The van der Waals surface area contributed by atoms with Gasteiger partial charge in [-0.15, -0.1) is 0 Å². The summed E-state index contributed by atoms with van der Waals surface area (Å²) in [7, 11) is 1.56. The molecule has 0 aliphatic carbocycles. The van der Waals surface area contributed by atoms with E-state index in [0.29, 0.717) is 14.8 Å². The monoisotopic (exact) mass is 295 g/mol. The van der Waals surface area contributed by atoms with Gasteiger partial charge >= 0.3 is 0 Å². The zero-order valence-electron chi connectivity index (χ0n) is 9.65. The first-order valence-electron chi connectivity index (χ1n) is 5.07. The molecule has 19 heavy (non-hydrogen) atoms. The van der Waals surface area contributed by atoms with E-state index in [1.165, 1.54) is 17.0 Å². The fourth-order valence-electron chi connectivity index (χ4n) is 1.46. The Morgan fingerprint density at radius 1 is 1.47 bits per heavy atom. The summed E-state index contributed by atoms with van der Waals surface area (Å²) in [5.41, 5.74) is -0.0963. The average molecular weight is 295 g/mol. The van der Waals surface area contributed by atoms with Crippen LogP contribution >= 0.6 is 24.0 Å². The number of nitro groups is 1. The Morgan fingerprint density at radius 3 is 2.68 bits per heavy atom. The summed E-state index contributed by atoms with van der Waals surface area (Å²) in [6, 6.07) is 3.68. The molecular formula is C11H7N2O4S2-. The molecule has 2 rings (SSSR count). The summed E-state index contributed by atoms with van der Waals surface area (Å²) in [6.45, 7) is 0. The van der Waals surface area contributed by atoms with E-state index in [1.807, 2.05) is 0 Å². The van der Waals surface area contributed by atoms with E-state index in [-0.39, 0.29) is 5.91 Å². The van der Waals surface area contributed by atoms with E-state index in [4.69, 9.17) is 12.2 Å². The van der Waals surface area contributed by atoms with Gasteiger partial charge in [-0.2, -0.15) is 0 Å². The molecule has 0 radical (unpaired) electrons. The molecule has 0 spiro atoms. The van der Waals surface area contributed by atoms with Gasteiger partial charge in [0.05, 0.1) is 9.83 Å². The van der Waals surface area contributed by atoms with Crippen LogP contribution in [0.25, 0.3) is 6.08 Å². The quantitative estimate of drug-likeness (QED) is 0.356. The second-order valence-electron chi connectivity index (χ2n) is 3.72. The molecule has 1 amide bonds. The topological polar surface area (TPSA) is 86.5 Å². The zero-order chi connectivity index (χ0) is 14.2. The molecule has 1 saturated heterocycles. The van der Waals surface area contributed by atoms with Crippen LogP contribution in [-0.2, 0) is 4.79 Å². The molecule has 0 saturated carbocycles. The third-order valence-corrected chi connectivity index (χ3v) is 3.95. The van der Waals surface area contributed by atoms with Gasteiger partial charge in [-0.3, -0.25) is 19.8 Å². The van der Waals surface area contributed by atoms with Gasteiger partial charge < -0.3 is 5.11 Å². The molecule has 1 aromatic rings. The number of carbonyl (C=O) groups is 1. The third-order valence-electron chi connectivity index (χ3n) is 2.46. The van der Waals surface area contributed by atoms with Crippen LogP contribution in [0, 0.1) is 10.1 Å². The van der Waals surface area contributed by atoms with Crippen LogP contribution in [-0.4, -0.2) is 27.1 Å². The van der Waals surface area contributed by atoms with Gasteiger partial charge in [-0.25, -0.2) is 0 Å². The highest BCUT2D eigenvalue weighted by Crippen LogP contribution is 2.32. The van der Waals surface area contributed by atoms with Gasteiger partial charge in [-0.05, 0) is 17.4 Å². The molecule has 1 aliphatic heterocycles.